The molecule has 1 saturated heterocycles. The molecule has 1 fully saturated rings. The van der Waals surface area contributed by atoms with E-state index in [0.29, 0.717) is 0 Å². The van der Waals surface area contributed by atoms with Crippen LogP contribution in [0, 0.1) is 5.82 Å². The Bertz CT molecular complexity index is 532. The van der Waals surface area contributed by atoms with E-state index >= 15 is 0 Å². The zero-order valence-corrected chi connectivity index (χ0v) is 9.81. The predicted molar refractivity (Wildman–Crippen MR) is 61.6 cm³/mol. The first kappa shape index (κ1) is 13.0. The molecule has 2 rings (SSSR count). The van der Waals surface area contributed by atoms with Crippen LogP contribution < -0.4 is 15.4 Å². The number of halogens is 1. The van der Waals surface area contributed by atoms with Crippen molar-refractivity contribution < 1.29 is 23.5 Å². The van der Waals surface area contributed by atoms with Crippen LogP contribution in [0.2, 0.25) is 0 Å². The van der Waals surface area contributed by atoms with Crippen LogP contribution in [0.15, 0.2) is 24.3 Å². The second-order valence-electron chi connectivity index (χ2n) is 3.96. The largest absolute Gasteiger partial charge is 0.481 e. The minimum absolute atomic E-state index is 0.0513. The van der Waals surface area contributed by atoms with Crippen LogP contribution in [0.1, 0.15) is 6.42 Å². The first-order chi connectivity index (χ1) is 9.06. The Hall–Kier alpha value is -2.44. The number of benzene rings is 1. The van der Waals surface area contributed by atoms with Crippen molar-refractivity contribution in [2.45, 2.75) is 12.5 Å². The van der Waals surface area contributed by atoms with Crippen molar-refractivity contribution >= 4 is 17.7 Å². The number of amides is 3. The van der Waals surface area contributed by atoms with Crippen LogP contribution >= 0.6 is 0 Å². The highest BCUT2D eigenvalue weighted by molar-refractivity contribution is 6.06. The number of ether oxygens (including phenoxy) is 1. The molecule has 0 bridgehead atoms. The van der Waals surface area contributed by atoms with Gasteiger partial charge in [-0.15, -0.1) is 0 Å². The monoisotopic (exact) mass is 266 g/mol. The maximum atomic E-state index is 13.2. The number of nitrogens with one attached hydrogen (secondary N) is 2. The number of carbonyl (C=O) groups is 3. The fourth-order valence-corrected chi connectivity index (χ4v) is 1.61. The summed E-state index contributed by atoms with van der Waals surface area (Å²) in [6.45, 7) is -0.432. The summed E-state index contributed by atoms with van der Waals surface area (Å²) >= 11 is 0. The van der Waals surface area contributed by atoms with Crippen molar-refractivity contribution in [3.05, 3.63) is 30.1 Å². The van der Waals surface area contributed by atoms with Gasteiger partial charge in [0.05, 0.1) is 6.42 Å². The van der Waals surface area contributed by atoms with Gasteiger partial charge in [-0.2, -0.15) is 0 Å². The molecule has 7 heteroatoms. The fraction of sp³-hybridized carbons (Fsp3) is 0.250. The maximum absolute atomic E-state index is 13.2. The molecule has 1 atom stereocenters. The van der Waals surface area contributed by atoms with E-state index in [1.807, 2.05) is 0 Å². The number of hydrogen-bond acceptors (Lipinski definition) is 4. The van der Waals surface area contributed by atoms with Crippen LogP contribution in [0.25, 0.3) is 0 Å². The third-order valence-corrected chi connectivity index (χ3v) is 2.50. The molecule has 1 aromatic rings. The van der Waals surface area contributed by atoms with Crippen LogP contribution in [0.3, 0.4) is 0 Å². The summed E-state index contributed by atoms with van der Waals surface area (Å²) in [5, 5.41) is 4.39. The van der Waals surface area contributed by atoms with Gasteiger partial charge in [-0.05, 0) is 12.1 Å². The van der Waals surface area contributed by atoms with E-state index in [0.717, 1.165) is 0 Å². The molecule has 0 radical (unpaired) electrons. The molecule has 0 aliphatic carbocycles. The minimum Gasteiger partial charge on any atom is -0.481 e. The first-order valence-electron chi connectivity index (χ1n) is 5.56. The average molecular weight is 266 g/mol. The van der Waals surface area contributed by atoms with Gasteiger partial charge >= 0.3 is 0 Å². The Morgan fingerprint density at radius 2 is 2.16 bits per heavy atom. The maximum Gasteiger partial charge on any atom is 0.258 e. The Morgan fingerprint density at radius 1 is 1.42 bits per heavy atom. The Labute approximate surface area is 107 Å². The lowest BCUT2D eigenvalue weighted by atomic mass is 10.2. The summed E-state index contributed by atoms with van der Waals surface area (Å²) < 4.78 is 18.2. The van der Waals surface area contributed by atoms with E-state index in [9.17, 15) is 18.8 Å². The van der Waals surface area contributed by atoms with Gasteiger partial charge in [0.2, 0.25) is 11.8 Å². The standard InChI is InChI=1S/C12H11FN2O4/c13-7-3-1-2-4-9(7)19-6-11(17)14-8-5-10(16)15-12(8)18/h1-4,8H,5-6H2,(H,14,17)(H,15,16,18). The number of hydrogen-bond donors (Lipinski definition) is 2. The van der Waals surface area contributed by atoms with E-state index in [-0.39, 0.29) is 12.2 Å². The molecule has 2 N–H and O–H groups in total. The Morgan fingerprint density at radius 3 is 2.79 bits per heavy atom. The minimum atomic E-state index is -0.885. The summed E-state index contributed by atoms with van der Waals surface area (Å²) in [5.41, 5.74) is 0. The lowest BCUT2D eigenvalue weighted by Gasteiger charge is -2.10. The van der Waals surface area contributed by atoms with Crippen molar-refractivity contribution in [1.82, 2.24) is 10.6 Å². The molecule has 3 amide bonds. The van der Waals surface area contributed by atoms with E-state index < -0.39 is 36.2 Å². The molecule has 0 aromatic heterocycles. The summed E-state index contributed by atoms with van der Waals surface area (Å²) in [6.07, 6.45) is -0.0930. The predicted octanol–water partition coefficient (Wildman–Crippen LogP) is -0.264. The normalized spacial score (nSPS) is 18.1. The van der Waals surface area contributed by atoms with E-state index in [4.69, 9.17) is 4.74 Å². The fourth-order valence-electron chi connectivity index (χ4n) is 1.61. The van der Waals surface area contributed by atoms with Crippen molar-refractivity contribution in [3.63, 3.8) is 0 Å². The SMILES string of the molecule is O=C1CC(NC(=O)COc2ccccc2F)C(=O)N1. The Balaban J connectivity index is 1.84. The summed E-state index contributed by atoms with van der Waals surface area (Å²) in [4.78, 5) is 33.6. The van der Waals surface area contributed by atoms with Crippen molar-refractivity contribution in [3.8, 4) is 5.75 Å². The first-order valence-corrected chi connectivity index (χ1v) is 5.56. The molecule has 1 aliphatic rings. The van der Waals surface area contributed by atoms with E-state index in [2.05, 4.69) is 10.6 Å². The molecule has 1 aromatic carbocycles. The van der Waals surface area contributed by atoms with Gasteiger partial charge in [-0.1, -0.05) is 12.1 Å². The lowest BCUT2D eigenvalue weighted by molar-refractivity contribution is -0.129. The smallest absolute Gasteiger partial charge is 0.258 e. The van der Waals surface area contributed by atoms with Gasteiger partial charge in [0, 0.05) is 0 Å². The highest BCUT2D eigenvalue weighted by Crippen LogP contribution is 2.14. The second-order valence-corrected chi connectivity index (χ2v) is 3.96. The quantitative estimate of drug-likeness (QED) is 0.735. The van der Waals surface area contributed by atoms with Gasteiger partial charge in [-0.25, -0.2) is 4.39 Å². The molecule has 19 heavy (non-hydrogen) atoms. The topological polar surface area (TPSA) is 84.5 Å². The molecular formula is C12H11FN2O4. The van der Waals surface area contributed by atoms with Crippen molar-refractivity contribution in [2.75, 3.05) is 6.61 Å². The molecule has 0 spiro atoms. The molecule has 100 valence electrons. The molecule has 1 aliphatic heterocycles. The van der Waals surface area contributed by atoms with Crippen LogP contribution in [-0.4, -0.2) is 30.4 Å². The second kappa shape index (κ2) is 5.47. The number of rotatable bonds is 4. The number of carbonyl (C=O) groups excluding carboxylic acids is 3. The van der Waals surface area contributed by atoms with Crippen molar-refractivity contribution in [2.24, 2.45) is 0 Å². The zero-order valence-electron chi connectivity index (χ0n) is 9.81. The summed E-state index contributed by atoms with van der Waals surface area (Å²) in [7, 11) is 0. The van der Waals surface area contributed by atoms with E-state index in [1.165, 1.54) is 18.2 Å². The molecule has 1 heterocycles. The van der Waals surface area contributed by atoms with Gasteiger partial charge in [0.15, 0.2) is 18.2 Å². The third-order valence-electron chi connectivity index (χ3n) is 2.50. The molecule has 0 saturated carbocycles. The van der Waals surface area contributed by atoms with Crippen LogP contribution in [0.4, 0.5) is 4.39 Å². The number of imide groups is 1. The lowest BCUT2D eigenvalue weighted by Crippen LogP contribution is -2.42. The highest BCUT2D eigenvalue weighted by Gasteiger charge is 2.31. The van der Waals surface area contributed by atoms with Crippen molar-refractivity contribution in [1.29, 1.82) is 0 Å². The summed E-state index contributed by atoms with van der Waals surface area (Å²) in [5.74, 6) is -2.22. The molecular weight excluding hydrogens is 255 g/mol. The van der Waals surface area contributed by atoms with Crippen LogP contribution in [0.5, 0.6) is 5.75 Å². The molecule has 1 unspecified atom stereocenters. The van der Waals surface area contributed by atoms with Gasteiger partial charge in [0.1, 0.15) is 6.04 Å². The van der Waals surface area contributed by atoms with Gasteiger partial charge < -0.3 is 10.1 Å². The highest BCUT2D eigenvalue weighted by atomic mass is 19.1. The Kier molecular flexibility index (Phi) is 3.74. The van der Waals surface area contributed by atoms with Crippen LogP contribution in [-0.2, 0) is 14.4 Å². The summed E-state index contributed by atoms with van der Waals surface area (Å²) in [6, 6.07) is 4.77. The zero-order chi connectivity index (χ0) is 13.8. The third kappa shape index (κ3) is 3.27. The molecule has 6 nitrogen and oxygen atoms in total. The number of para-hydroxylation sites is 1. The average Bonchev–Trinajstić information content (AvgIpc) is 2.67. The van der Waals surface area contributed by atoms with Gasteiger partial charge in [-0.3, -0.25) is 19.7 Å². The van der Waals surface area contributed by atoms with E-state index in [1.54, 1.807) is 6.07 Å². The van der Waals surface area contributed by atoms with Gasteiger partial charge in [0.25, 0.3) is 5.91 Å².